The van der Waals surface area contributed by atoms with Crippen LogP contribution in [0.2, 0.25) is 0 Å². The lowest BCUT2D eigenvalue weighted by Gasteiger charge is -2.06. The summed E-state index contributed by atoms with van der Waals surface area (Å²) in [6, 6.07) is 4.14. The molecule has 0 heterocycles. The second-order valence-corrected chi connectivity index (χ2v) is 3.91. The van der Waals surface area contributed by atoms with Gasteiger partial charge in [0.05, 0.1) is 6.61 Å². The maximum Gasteiger partial charge on any atom is 0.0684 e. The lowest BCUT2D eigenvalue weighted by Crippen LogP contribution is -1.92. The standard InChI is InChI=1S/C9H11IO/c1-6-3-9(10)4-8(5-11)7(6)2/h3-4,11H,5H2,1-2H3. The van der Waals surface area contributed by atoms with E-state index in [0.717, 1.165) is 5.56 Å². The van der Waals surface area contributed by atoms with Gasteiger partial charge in [-0.1, -0.05) is 0 Å². The number of aliphatic hydroxyl groups excluding tert-OH is 1. The molecule has 0 saturated heterocycles. The molecule has 1 nitrogen and oxygen atoms in total. The third-order valence-corrected chi connectivity index (χ3v) is 2.53. The molecule has 2 heteroatoms. The topological polar surface area (TPSA) is 20.2 Å². The smallest absolute Gasteiger partial charge is 0.0684 e. The van der Waals surface area contributed by atoms with Crippen LogP contribution in [0.5, 0.6) is 0 Å². The zero-order valence-electron chi connectivity index (χ0n) is 6.69. The minimum absolute atomic E-state index is 0.142. The van der Waals surface area contributed by atoms with Gasteiger partial charge in [0.25, 0.3) is 0 Å². The van der Waals surface area contributed by atoms with E-state index in [-0.39, 0.29) is 6.61 Å². The molecule has 0 fully saturated rings. The lowest BCUT2D eigenvalue weighted by atomic mass is 10.0. The van der Waals surface area contributed by atoms with Crippen LogP contribution >= 0.6 is 22.6 Å². The molecule has 0 unspecified atom stereocenters. The van der Waals surface area contributed by atoms with E-state index < -0.39 is 0 Å². The predicted octanol–water partition coefficient (Wildman–Crippen LogP) is 2.40. The summed E-state index contributed by atoms with van der Waals surface area (Å²) in [5.41, 5.74) is 3.49. The molecule has 1 N–H and O–H groups in total. The molecule has 0 saturated carbocycles. The molecule has 0 bridgehead atoms. The van der Waals surface area contributed by atoms with Gasteiger partial charge in [0.15, 0.2) is 0 Å². The van der Waals surface area contributed by atoms with Crippen molar-refractivity contribution in [3.8, 4) is 0 Å². The normalized spacial score (nSPS) is 10.2. The number of halogens is 1. The van der Waals surface area contributed by atoms with Crippen molar-refractivity contribution in [3.05, 3.63) is 32.4 Å². The quantitative estimate of drug-likeness (QED) is 0.770. The van der Waals surface area contributed by atoms with Crippen molar-refractivity contribution in [2.24, 2.45) is 0 Å². The Morgan fingerprint density at radius 1 is 1.36 bits per heavy atom. The van der Waals surface area contributed by atoms with Crippen LogP contribution in [0.3, 0.4) is 0 Å². The third-order valence-electron chi connectivity index (χ3n) is 1.91. The van der Waals surface area contributed by atoms with E-state index in [9.17, 15) is 0 Å². The molecule has 0 aliphatic carbocycles. The summed E-state index contributed by atoms with van der Waals surface area (Å²) in [5.74, 6) is 0. The Balaban J connectivity index is 3.24. The van der Waals surface area contributed by atoms with Crippen molar-refractivity contribution in [1.29, 1.82) is 0 Å². The fraction of sp³-hybridized carbons (Fsp3) is 0.333. The SMILES string of the molecule is Cc1cc(I)cc(CO)c1C. The summed E-state index contributed by atoms with van der Waals surface area (Å²) >= 11 is 2.26. The van der Waals surface area contributed by atoms with Gasteiger partial charge in [-0.2, -0.15) is 0 Å². The zero-order chi connectivity index (χ0) is 8.43. The van der Waals surface area contributed by atoms with Gasteiger partial charge >= 0.3 is 0 Å². The van der Waals surface area contributed by atoms with E-state index in [1.807, 2.05) is 13.0 Å². The Morgan fingerprint density at radius 3 is 2.55 bits per heavy atom. The predicted molar refractivity (Wildman–Crippen MR) is 54.6 cm³/mol. The Bertz CT molecular complexity index is 269. The van der Waals surface area contributed by atoms with Crippen LogP contribution in [0, 0.1) is 17.4 Å². The van der Waals surface area contributed by atoms with E-state index in [2.05, 4.69) is 35.6 Å². The average Bonchev–Trinajstić information content (AvgIpc) is 1.96. The molecule has 0 aliphatic heterocycles. The van der Waals surface area contributed by atoms with E-state index >= 15 is 0 Å². The number of hydrogen-bond acceptors (Lipinski definition) is 1. The molecule has 0 spiro atoms. The monoisotopic (exact) mass is 262 g/mol. The number of rotatable bonds is 1. The first kappa shape index (κ1) is 9.00. The van der Waals surface area contributed by atoms with Gasteiger partial charge in [0.2, 0.25) is 0 Å². The Kier molecular flexibility index (Phi) is 2.90. The van der Waals surface area contributed by atoms with Crippen LogP contribution in [-0.2, 0) is 6.61 Å². The molecule has 0 radical (unpaired) electrons. The van der Waals surface area contributed by atoms with Gasteiger partial charge in [-0.15, -0.1) is 0 Å². The third kappa shape index (κ3) is 1.93. The molecule has 1 rings (SSSR count). The van der Waals surface area contributed by atoms with Crippen LogP contribution < -0.4 is 0 Å². The molecule has 0 atom stereocenters. The highest BCUT2D eigenvalue weighted by Gasteiger charge is 2.00. The molecule has 1 aromatic carbocycles. The van der Waals surface area contributed by atoms with Crippen molar-refractivity contribution in [1.82, 2.24) is 0 Å². The van der Waals surface area contributed by atoms with E-state index in [4.69, 9.17) is 5.11 Å². The van der Waals surface area contributed by atoms with E-state index in [0.29, 0.717) is 0 Å². The van der Waals surface area contributed by atoms with Crippen LogP contribution in [0.1, 0.15) is 16.7 Å². The van der Waals surface area contributed by atoms with E-state index in [1.165, 1.54) is 14.7 Å². The average molecular weight is 262 g/mol. The number of benzene rings is 1. The fourth-order valence-electron chi connectivity index (χ4n) is 1.05. The first-order valence-corrected chi connectivity index (χ1v) is 4.59. The van der Waals surface area contributed by atoms with Crippen LogP contribution in [-0.4, -0.2) is 5.11 Å². The molecule has 0 aliphatic rings. The zero-order valence-corrected chi connectivity index (χ0v) is 8.84. The molecular weight excluding hydrogens is 251 g/mol. The van der Waals surface area contributed by atoms with Crippen LogP contribution in [0.4, 0.5) is 0 Å². The highest BCUT2D eigenvalue weighted by molar-refractivity contribution is 14.1. The van der Waals surface area contributed by atoms with Crippen molar-refractivity contribution >= 4 is 22.6 Å². The van der Waals surface area contributed by atoms with Gasteiger partial charge in [0, 0.05) is 3.57 Å². The molecular formula is C9H11IO. The highest BCUT2D eigenvalue weighted by Crippen LogP contribution is 2.17. The lowest BCUT2D eigenvalue weighted by molar-refractivity contribution is 0.281. The summed E-state index contributed by atoms with van der Waals surface area (Å²) in [6.07, 6.45) is 0. The summed E-state index contributed by atoms with van der Waals surface area (Å²) in [5, 5.41) is 8.96. The molecule has 0 amide bonds. The second kappa shape index (κ2) is 3.54. The van der Waals surface area contributed by atoms with Crippen molar-refractivity contribution in [3.63, 3.8) is 0 Å². The Hall–Kier alpha value is -0.0900. The highest BCUT2D eigenvalue weighted by atomic mass is 127. The summed E-state index contributed by atoms with van der Waals surface area (Å²) in [4.78, 5) is 0. The van der Waals surface area contributed by atoms with Crippen LogP contribution in [0.25, 0.3) is 0 Å². The summed E-state index contributed by atoms with van der Waals surface area (Å²) in [7, 11) is 0. The Labute approximate surface area is 80.6 Å². The maximum absolute atomic E-state index is 8.96. The molecule has 0 aromatic heterocycles. The maximum atomic E-state index is 8.96. The van der Waals surface area contributed by atoms with Gasteiger partial charge in [-0.25, -0.2) is 0 Å². The number of hydrogen-bond donors (Lipinski definition) is 1. The second-order valence-electron chi connectivity index (χ2n) is 2.66. The van der Waals surface area contributed by atoms with Gasteiger partial charge in [-0.3, -0.25) is 0 Å². The molecule has 11 heavy (non-hydrogen) atoms. The largest absolute Gasteiger partial charge is 0.392 e. The number of aryl methyl sites for hydroxylation is 1. The van der Waals surface area contributed by atoms with Gasteiger partial charge in [0.1, 0.15) is 0 Å². The summed E-state index contributed by atoms with van der Waals surface area (Å²) in [6.45, 7) is 4.25. The van der Waals surface area contributed by atoms with Crippen molar-refractivity contribution in [2.75, 3.05) is 0 Å². The molecule has 1 aromatic rings. The van der Waals surface area contributed by atoms with Crippen LogP contribution in [0.15, 0.2) is 12.1 Å². The Morgan fingerprint density at radius 2 is 2.00 bits per heavy atom. The first-order valence-electron chi connectivity index (χ1n) is 3.51. The molecule has 60 valence electrons. The van der Waals surface area contributed by atoms with Crippen molar-refractivity contribution < 1.29 is 5.11 Å². The minimum Gasteiger partial charge on any atom is -0.392 e. The first-order chi connectivity index (χ1) is 5.15. The van der Waals surface area contributed by atoms with Gasteiger partial charge < -0.3 is 5.11 Å². The summed E-state index contributed by atoms with van der Waals surface area (Å²) < 4.78 is 1.19. The minimum atomic E-state index is 0.142. The van der Waals surface area contributed by atoms with Crippen molar-refractivity contribution in [2.45, 2.75) is 20.5 Å². The van der Waals surface area contributed by atoms with Gasteiger partial charge in [-0.05, 0) is 65.3 Å². The van der Waals surface area contributed by atoms with E-state index in [1.54, 1.807) is 0 Å². The fourth-order valence-corrected chi connectivity index (χ4v) is 1.89. The number of aliphatic hydroxyl groups is 1.